The third kappa shape index (κ3) is 5.22. The second-order valence-corrected chi connectivity index (χ2v) is 6.57. The predicted molar refractivity (Wildman–Crippen MR) is 91.7 cm³/mol. The summed E-state index contributed by atoms with van der Waals surface area (Å²) < 4.78 is 27.4. The Hall–Kier alpha value is -2.64. The minimum Gasteiger partial charge on any atom is -0.497 e. The Morgan fingerprint density at radius 1 is 1.12 bits per heavy atom. The summed E-state index contributed by atoms with van der Waals surface area (Å²) >= 11 is 0. The third-order valence-electron chi connectivity index (χ3n) is 3.26. The smallest absolute Gasteiger partial charge is 0.244 e. The van der Waals surface area contributed by atoms with Crippen molar-refractivity contribution in [2.24, 2.45) is 5.14 Å². The van der Waals surface area contributed by atoms with Gasteiger partial charge in [0.2, 0.25) is 15.9 Å². The van der Waals surface area contributed by atoms with E-state index in [9.17, 15) is 13.2 Å². The molecule has 2 aromatic rings. The van der Waals surface area contributed by atoms with Gasteiger partial charge in [-0.05, 0) is 41.5 Å². The van der Waals surface area contributed by atoms with Crippen molar-refractivity contribution >= 4 is 22.0 Å². The van der Waals surface area contributed by atoms with E-state index in [0.29, 0.717) is 0 Å². The number of carbonyl (C=O) groups is 1. The van der Waals surface area contributed by atoms with Gasteiger partial charge in [0.05, 0.1) is 12.0 Å². The first-order chi connectivity index (χ1) is 11.4. The summed E-state index contributed by atoms with van der Waals surface area (Å²) in [6.07, 6.45) is 3.12. The summed E-state index contributed by atoms with van der Waals surface area (Å²) in [6.45, 7) is 0.288. The molecule has 0 aliphatic carbocycles. The number of hydrogen-bond acceptors (Lipinski definition) is 4. The standard InChI is InChI=1S/C17H18N2O4S/c1-23-15-7-2-13(3-8-15)6-11-17(20)19-12-14-4-9-16(10-5-14)24(18,21)22/h2-11H,12H2,1H3,(H,19,20)(H2,18,21,22)/b11-6+. The van der Waals surface area contributed by atoms with E-state index in [4.69, 9.17) is 9.88 Å². The maximum atomic E-state index is 11.8. The number of sulfonamides is 1. The first-order valence-corrected chi connectivity index (χ1v) is 8.65. The first kappa shape index (κ1) is 17.7. The van der Waals surface area contributed by atoms with Gasteiger partial charge in [-0.15, -0.1) is 0 Å². The summed E-state index contributed by atoms with van der Waals surface area (Å²) in [5.74, 6) is 0.501. The SMILES string of the molecule is COc1ccc(/C=C/C(=O)NCc2ccc(S(N)(=O)=O)cc2)cc1. The zero-order valence-corrected chi connectivity index (χ0v) is 13.9. The lowest BCUT2D eigenvalue weighted by atomic mass is 10.2. The number of nitrogens with two attached hydrogens (primary N) is 1. The number of amides is 1. The normalized spacial score (nSPS) is 11.4. The average Bonchev–Trinajstić information content (AvgIpc) is 2.58. The third-order valence-corrected chi connectivity index (χ3v) is 4.19. The van der Waals surface area contributed by atoms with Crippen LogP contribution in [0.4, 0.5) is 0 Å². The second kappa shape index (κ2) is 7.76. The molecule has 2 rings (SSSR count). The Labute approximate surface area is 141 Å². The molecule has 0 heterocycles. The Balaban J connectivity index is 1.89. The molecule has 3 N–H and O–H groups in total. The van der Waals surface area contributed by atoms with E-state index in [0.717, 1.165) is 16.9 Å². The van der Waals surface area contributed by atoms with Gasteiger partial charge in [0.1, 0.15) is 5.75 Å². The highest BCUT2D eigenvalue weighted by molar-refractivity contribution is 7.89. The maximum Gasteiger partial charge on any atom is 0.244 e. The van der Waals surface area contributed by atoms with E-state index in [1.165, 1.54) is 18.2 Å². The minimum absolute atomic E-state index is 0.0389. The van der Waals surface area contributed by atoms with Gasteiger partial charge in [0.25, 0.3) is 0 Å². The van der Waals surface area contributed by atoms with E-state index in [1.807, 2.05) is 24.3 Å². The second-order valence-electron chi connectivity index (χ2n) is 5.01. The highest BCUT2D eigenvalue weighted by atomic mass is 32.2. The van der Waals surface area contributed by atoms with Crippen molar-refractivity contribution in [1.29, 1.82) is 0 Å². The van der Waals surface area contributed by atoms with Gasteiger partial charge >= 0.3 is 0 Å². The van der Waals surface area contributed by atoms with Gasteiger partial charge in [-0.25, -0.2) is 13.6 Å². The molecule has 2 aromatic carbocycles. The molecule has 0 atom stereocenters. The molecule has 0 spiro atoms. The van der Waals surface area contributed by atoms with Gasteiger partial charge < -0.3 is 10.1 Å². The summed E-state index contributed by atoms with van der Waals surface area (Å²) in [4.78, 5) is 11.8. The van der Waals surface area contributed by atoms with Gasteiger partial charge in [-0.1, -0.05) is 24.3 Å². The van der Waals surface area contributed by atoms with Crippen LogP contribution < -0.4 is 15.2 Å². The number of benzene rings is 2. The molecule has 0 saturated carbocycles. The van der Waals surface area contributed by atoms with E-state index in [2.05, 4.69) is 5.32 Å². The van der Waals surface area contributed by atoms with Gasteiger partial charge in [-0.3, -0.25) is 4.79 Å². The van der Waals surface area contributed by atoms with Gasteiger partial charge in [-0.2, -0.15) is 0 Å². The molecule has 126 valence electrons. The van der Waals surface area contributed by atoms with Crippen LogP contribution in [0.5, 0.6) is 5.75 Å². The fourth-order valence-corrected chi connectivity index (χ4v) is 2.45. The molecule has 0 aromatic heterocycles. The molecule has 0 aliphatic rings. The summed E-state index contributed by atoms with van der Waals surface area (Å²) in [5.41, 5.74) is 1.65. The zero-order chi connectivity index (χ0) is 17.6. The number of carbonyl (C=O) groups excluding carboxylic acids is 1. The van der Waals surface area contributed by atoms with Crippen molar-refractivity contribution in [3.05, 3.63) is 65.7 Å². The van der Waals surface area contributed by atoms with E-state index in [1.54, 1.807) is 25.3 Å². The van der Waals surface area contributed by atoms with Crippen LogP contribution in [0.2, 0.25) is 0 Å². The highest BCUT2D eigenvalue weighted by Gasteiger charge is 2.06. The van der Waals surface area contributed by atoms with E-state index in [-0.39, 0.29) is 17.3 Å². The largest absolute Gasteiger partial charge is 0.497 e. The van der Waals surface area contributed by atoms with Crippen LogP contribution in [0.15, 0.2) is 59.5 Å². The van der Waals surface area contributed by atoms with Crippen LogP contribution in [0.25, 0.3) is 6.08 Å². The number of primary sulfonamides is 1. The number of ether oxygens (including phenoxy) is 1. The number of rotatable bonds is 6. The first-order valence-electron chi connectivity index (χ1n) is 7.10. The molecular formula is C17H18N2O4S. The molecule has 24 heavy (non-hydrogen) atoms. The molecular weight excluding hydrogens is 328 g/mol. The van der Waals surface area contributed by atoms with Gasteiger partial charge in [0, 0.05) is 12.6 Å². The quantitative estimate of drug-likeness (QED) is 0.777. The lowest BCUT2D eigenvalue weighted by molar-refractivity contribution is -0.116. The van der Waals surface area contributed by atoms with Gasteiger partial charge in [0.15, 0.2) is 0 Å². The van der Waals surface area contributed by atoms with Crippen molar-refractivity contribution in [3.63, 3.8) is 0 Å². The molecule has 0 saturated heterocycles. The van der Waals surface area contributed by atoms with Crippen molar-refractivity contribution in [2.45, 2.75) is 11.4 Å². The van der Waals surface area contributed by atoms with Crippen LogP contribution in [-0.2, 0) is 21.4 Å². The summed E-state index contributed by atoms with van der Waals surface area (Å²) in [7, 11) is -2.11. The zero-order valence-electron chi connectivity index (χ0n) is 13.1. The van der Waals surface area contributed by atoms with Crippen LogP contribution >= 0.6 is 0 Å². The monoisotopic (exact) mass is 346 g/mol. The number of nitrogens with one attached hydrogen (secondary N) is 1. The molecule has 0 fully saturated rings. The lowest BCUT2D eigenvalue weighted by Crippen LogP contribution is -2.20. The molecule has 0 aliphatic heterocycles. The average molecular weight is 346 g/mol. The Morgan fingerprint density at radius 3 is 2.29 bits per heavy atom. The molecule has 0 unspecified atom stereocenters. The highest BCUT2D eigenvalue weighted by Crippen LogP contribution is 2.12. The maximum absolute atomic E-state index is 11.8. The van der Waals surface area contributed by atoms with Crippen LogP contribution in [0.3, 0.4) is 0 Å². The summed E-state index contributed by atoms with van der Waals surface area (Å²) in [5, 5.41) is 7.75. The lowest BCUT2D eigenvalue weighted by Gasteiger charge is -2.04. The molecule has 0 radical (unpaired) electrons. The van der Waals surface area contributed by atoms with Crippen LogP contribution in [0, 0.1) is 0 Å². The molecule has 7 heteroatoms. The molecule has 6 nitrogen and oxygen atoms in total. The fraction of sp³-hybridized carbons (Fsp3) is 0.118. The van der Waals surface area contributed by atoms with Crippen molar-refractivity contribution in [3.8, 4) is 5.75 Å². The van der Waals surface area contributed by atoms with Crippen molar-refractivity contribution < 1.29 is 17.9 Å². The molecule has 0 bridgehead atoms. The minimum atomic E-state index is -3.70. The Bertz CT molecular complexity index is 826. The van der Waals surface area contributed by atoms with Crippen molar-refractivity contribution in [2.75, 3.05) is 7.11 Å². The molecule has 1 amide bonds. The predicted octanol–water partition coefficient (Wildman–Crippen LogP) is 1.67. The van der Waals surface area contributed by atoms with Crippen LogP contribution in [-0.4, -0.2) is 21.4 Å². The fourth-order valence-electron chi connectivity index (χ4n) is 1.93. The number of hydrogen-bond donors (Lipinski definition) is 2. The summed E-state index contributed by atoms with van der Waals surface area (Å²) in [6, 6.07) is 13.3. The van der Waals surface area contributed by atoms with Crippen molar-refractivity contribution in [1.82, 2.24) is 5.32 Å². The van der Waals surface area contributed by atoms with Crippen LogP contribution in [0.1, 0.15) is 11.1 Å². The number of methoxy groups -OCH3 is 1. The Morgan fingerprint density at radius 2 is 1.75 bits per heavy atom. The van der Waals surface area contributed by atoms with E-state index < -0.39 is 10.0 Å². The van der Waals surface area contributed by atoms with E-state index >= 15 is 0 Å². The Kier molecular flexibility index (Phi) is 5.73. The topological polar surface area (TPSA) is 98.5 Å².